The van der Waals surface area contributed by atoms with Crippen LogP contribution in [0.3, 0.4) is 0 Å². The van der Waals surface area contributed by atoms with Crippen molar-refractivity contribution in [2.75, 3.05) is 0 Å². The molecule has 2 aromatic rings. The molecule has 0 spiro atoms. The largest absolute Gasteiger partial charge is 0.417 e. The van der Waals surface area contributed by atoms with Crippen molar-refractivity contribution in [3.63, 3.8) is 0 Å². The molecule has 0 unspecified atom stereocenters. The highest BCUT2D eigenvalue weighted by Crippen LogP contribution is 2.41. The van der Waals surface area contributed by atoms with Gasteiger partial charge in [0.2, 0.25) is 0 Å². The molecule has 0 heterocycles. The molecule has 4 heteroatoms. The summed E-state index contributed by atoms with van der Waals surface area (Å²) < 4.78 is 54.1. The van der Waals surface area contributed by atoms with E-state index >= 15 is 0 Å². The molecular weight excluding hydrogens is 280 g/mol. The second kappa shape index (κ2) is 5.51. The molecule has 0 nitrogen and oxygen atoms in total. The number of alkyl halides is 3. The van der Waals surface area contributed by atoms with Crippen LogP contribution >= 0.6 is 0 Å². The fraction of sp³-hybridized carbons (Fsp3) is 0.294. The molecule has 21 heavy (non-hydrogen) atoms. The third kappa shape index (κ3) is 2.94. The molecule has 112 valence electrons. The molecule has 0 aliphatic heterocycles. The van der Waals surface area contributed by atoms with Gasteiger partial charge in [0.1, 0.15) is 5.82 Å². The maximum absolute atomic E-state index is 14.4. The first-order valence-electron chi connectivity index (χ1n) is 6.72. The van der Waals surface area contributed by atoms with Crippen LogP contribution in [0.15, 0.2) is 30.3 Å². The van der Waals surface area contributed by atoms with Crippen molar-refractivity contribution < 1.29 is 17.6 Å². The van der Waals surface area contributed by atoms with Crippen LogP contribution in [0.4, 0.5) is 17.6 Å². The minimum absolute atomic E-state index is 0.0562. The predicted molar refractivity (Wildman–Crippen MR) is 75.7 cm³/mol. The van der Waals surface area contributed by atoms with Crippen molar-refractivity contribution in [3.05, 3.63) is 58.4 Å². The van der Waals surface area contributed by atoms with E-state index in [1.54, 1.807) is 26.0 Å². The molecule has 0 radical (unpaired) electrons. The molecule has 0 aliphatic carbocycles. The van der Waals surface area contributed by atoms with Crippen molar-refractivity contribution in [2.45, 2.75) is 33.4 Å². The molecule has 0 aliphatic rings. The van der Waals surface area contributed by atoms with E-state index in [4.69, 9.17) is 0 Å². The summed E-state index contributed by atoms with van der Waals surface area (Å²) in [5.41, 5.74) is 0.928. The lowest BCUT2D eigenvalue weighted by Gasteiger charge is -2.19. The maximum atomic E-state index is 14.4. The van der Waals surface area contributed by atoms with Gasteiger partial charge < -0.3 is 0 Å². The quantitative estimate of drug-likeness (QED) is 0.624. The van der Waals surface area contributed by atoms with Gasteiger partial charge in [-0.2, -0.15) is 13.2 Å². The Bertz CT molecular complexity index is 669. The van der Waals surface area contributed by atoms with Crippen LogP contribution in [0.5, 0.6) is 0 Å². The van der Waals surface area contributed by atoms with E-state index in [1.807, 2.05) is 6.92 Å². The van der Waals surface area contributed by atoms with Gasteiger partial charge in [-0.05, 0) is 54.7 Å². The second-order valence-electron chi connectivity index (χ2n) is 5.13. The Kier molecular flexibility index (Phi) is 4.08. The van der Waals surface area contributed by atoms with Gasteiger partial charge in [0, 0.05) is 5.56 Å². The minimum atomic E-state index is -4.51. The van der Waals surface area contributed by atoms with E-state index in [1.165, 1.54) is 12.1 Å². The zero-order chi connectivity index (χ0) is 15.8. The lowest BCUT2D eigenvalue weighted by molar-refractivity contribution is -0.137. The molecule has 0 atom stereocenters. The van der Waals surface area contributed by atoms with Gasteiger partial charge >= 0.3 is 6.18 Å². The van der Waals surface area contributed by atoms with Crippen molar-refractivity contribution in [1.29, 1.82) is 0 Å². The Labute approximate surface area is 121 Å². The number of hydrogen-bond acceptors (Lipinski definition) is 0. The van der Waals surface area contributed by atoms with Crippen molar-refractivity contribution in [1.82, 2.24) is 0 Å². The van der Waals surface area contributed by atoms with Crippen LogP contribution in [0.1, 0.15) is 29.2 Å². The molecule has 0 aromatic heterocycles. The summed E-state index contributed by atoms with van der Waals surface area (Å²) in [7, 11) is 0. The van der Waals surface area contributed by atoms with Crippen molar-refractivity contribution in [2.24, 2.45) is 0 Å². The van der Waals surface area contributed by atoms with E-state index in [9.17, 15) is 17.6 Å². The van der Waals surface area contributed by atoms with Gasteiger partial charge in [-0.25, -0.2) is 4.39 Å². The van der Waals surface area contributed by atoms with Crippen LogP contribution in [0, 0.1) is 19.7 Å². The summed E-state index contributed by atoms with van der Waals surface area (Å²) >= 11 is 0. The molecule has 2 rings (SSSR count). The number of rotatable bonds is 2. The van der Waals surface area contributed by atoms with Crippen LogP contribution in [-0.4, -0.2) is 0 Å². The third-order valence-electron chi connectivity index (χ3n) is 3.53. The van der Waals surface area contributed by atoms with E-state index in [0.717, 1.165) is 6.07 Å². The minimum Gasteiger partial charge on any atom is -0.206 e. The number of benzene rings is 2. The molecule has 2 aromatic carbocycles. The van der Waals surface area contributed by atoms with Gasteiger partial charge in [0.15, 0.2) is 0 Å². The molecule has 0 fully saturated rings. The Morgan fingerprint density at radius 1 is 1.00 bits per heavy atom. The third-order valence-corrected chi connectivity index (χ3v) is 3.53. The fourth-order valence-electron chi connectivity index (χ4n) is 2.61. The molecule has 0 saturated carbocycles. The topological polar surface area (TPSA) is 0 Å². The van der Waals surface area contributed by atoms with E-state index in [0.29, 0.717) is 23.1 Å². The molecule has 0 amide bonds. The lowest BCUT2D eigenvalue weighted by atomic mass is 9.89. The first-order chi connectivity index (χ1) is 9.75. The maximum Gasteiger partial charge on any atom is 0.417 e. The van der Waals surface area contributed by atoms with Crippen LogP contribution in [-0.2, 0) is 12.6 Å². The van der Waals surface area contributed by atoms with Crippen LogP contribution in [0.25, 0.3) is 11.1 Å². The standard InChI is InChI=1S/C17H16F4/c1-4-12-8-10(2)9-14(18)16(12)15-11(3)6-5-7-13(15)17(19,20)21/h5-9H,4H2,1-3H3. The highest BCUT2D eigenvalue weighted by Gasteiger charge is 2.35. The second-order valence-corrected chi connectivity index (χ2v) is 5.13. The zero-order valence-electron chi connectivity index (χ0n) is 12.1. The molecule has 0 N–H and O–H groups in total. The van der Waals surface area contributed by atoms with Crippen LogP contribution in [0.2, 0.25) is 0 Å². The van der Waals surface area contributed by atoms with E-state index in [-0.39, 0.29) is 11.1 Å². The van der Waals surface area contributed by atoms with Gasteiger partial charge in [-0.3, -0.25) is 0 Å². The number of hydrogen-bond donors (Lipinski definition) is 0. The summed E-state index contributed by atoms with van der Waals surface area (Å²) in [6, 6.07) is 6.94. The number of aryl methyl sites for hydroxylation is 3. The molecule has 0 bridgehead atoms. The summed E-state index contributed by atoms with van der Waals surface area (Å²) in [5, 5.41) is 0. The van der Waals surface area contributed by atoms with Gasteiger partial charge in [0.25, 0.3) is 0 Å². The lowest BCUT2D eigenvalue weighted by Crippen LogP contribution is -2.10. The number of halogens is 4. The highest BCUT2D eigenvalue weighted by molar-refractivity contribution is 5.75. The monoisotopic (exact) mass is 296 g/mol. The van der Waals surface area contributed by atoms with Crippen molar-refractivity contribution in [3.8, 4) is 11.1 Å². The first-order valence-corrected chi connectivity index (χ1v) is 6.72. The SMILES string of the molecule is CCc1cc(C)cc(F)c1-c1c(C)cccc1C(F)(F)F. The fourth-order valence-corrected chi connectivity index (χ4v) is 2.61. The van der Waals surface area contributed by atoms with Gasteiger partial charge in [-0.1, -0.05) is 25.1 Å². The highest BCUT2D eigenvalue weighted by atomic mass is 19.4. The Morgan fingerprint density at radius 3 is 2.24 bits per heavy atom. The average molecular weight is 296 g/mol. The Hall–Kier alpha value is -1.84. The normalized spacial score (nSPS) is 11.8. The van der Waals surface area contributed by atoms with E-state index < -0.39 is 17.6 Å². The van der Waals surface area contributed by atoms with Crippen molar-refractivity contribution >= 4 is 0 Å². The van der Waals surface area contributed by atoms with Gasteiger partial charge in [-0.15, -0.1) is 0 Å². The van der Waals surface area contributed by atoms with Gasteiger partial charge in [0.05, 0.1) is 5.56 Å². The van der Waals surface area contributed by atoms with E-state index in [2.05, 4.69) is 0 Å². The Balaban J connectivity index is 2.85. The predicted octanol–water partition coefficient (Wildman–Crippen LogP) is 5.69. The Morgan fingerprint density at radius 2 is 1.67 bits per heavy atom. The van der Waals surface area contributed by atoms with Crippen LogP contribution < -0.4 is 0 Å². The molecular formula is C17H16F4. The summed E-state index contributed by atoms with van der Waals surface area (Å²) in [4.78, 5) is 0. The smallest absolute Gasteiger partial charge is 0.206 e. The summed E-state index contributed by atoms with van der Waals surface area (Å²) in [5.74, 6) is -0.605. The summed E-state index contributed by atoms with van der Waals surface area (Å²) in [6.45, 7) is 5.11. The first kappa shape index (κ1) is 15.5. The zero-order valence-corrected chi connectivity index (χ0v) is 12.1. The molecule has 0 saturated heterocycles. The average Bonchev–Trinajstić information content (AvgIpc) is 2.37. The summed E-state index contributed by atoms with van der Waals surface area (Å²) in [6.07, 6.45) is -4.04.